The van der Waals surface area contributed by atoms with E-state index in [0.717, 1.165) is 33.6 Å². The highest BCUT2D eigenvalue weighted by atomic mass is 16.5. The average molecular weight is 611 g/mol. The van der Waals surface area contributed by atoms with Gasteiger partial charge in [-0.15, -0.1) is 9.13 Å². The number of benzene rings is 5. The van der Waals surface area contributed by atoms with E-state index in [1.807, 2.05) is 143 Å². The van der Waals surface area contributed by atoms with Crippen molar-refractivity contribution in [1.82, 2.24) is 0 Å². The Morgan fingerprint density at radius 2 is 0.783 bits per heavy atom. The van der Waals surface area contributed by atoms with E-state index in [-0.39, 0.29) is 11.9 Å². The zero-order valence-corrected chi connectivity index (χ0v) is 25.1. The second-order valence-electron chi connectivity index (χ2n) is 10.5. The Hall–Kier alpha value is -6.28. The summed E-state index contributed by atoms with van der Waals surface area (Å²) in [6, 6.07) is 41.9. The molecular weight excluding hydrogens is 580 g/mol. The molecule has 0 radical (unpaired) electrons. The quantitative estimate of drug-likeness (QED) is 0.173. The van der Waals surface area contributed by atoms with E-state index in [1.165, 1.54) is 0 Å². The Balaban J connectivity index is 1.40. The molecule has 2 heterocycles. The third-order valence-corrected chi connectivity index (χ3v) is 7.78. The molecule has 0 aliphatic rings. The Kier molecular flexibility index (Phi) is 7.44. The summed E-state index contributed by atoms with van der Waals surface area (Å²) in [7, 11) is 3.22. The second-order valence-corrected chi connectivity index (χ2v) is 10.5. The lowest BCUT2D eigenvalue weighted by Crippen LogP contribution is -2.35. The lowest BCUT2D eigenvalue weighted by atomic mass is 10.1. The van der Waals surface area contributed by atoms with Crippen molar-refractivity contribution < 1.29 is 37.7 Å². The smallest absolute Gasteiger partial charge is 0.390 e. The van der Waals surface area contributed by atoms with Crippen LogP contribution in [0.4, 0.5) is 0 Å². The molecule has 0 aliphatic carbocycles. The summed E-state index contributed by atoms with van der Waals surface area (Å²) in [5, 5.41) is 22.3. The van der Waals surface area contributed by atoms with E-state index < -0.39 is 0 Å². The van der Waals surface area contributed by atoms with Crippen molar-refractivity contribution in [3.8, 4) is 80.2 Å². The molecule has 0 spiro atoms. The largest absolute Gasteiger partial charge is 0.497 e. The molecule has 46 heavy (non-hydrogen) atoms. The molecule has 2 N–H and O–H groups in total. The van der Waals surface area contributed by atoms with Gasteiger partial charge in [0.25, 0.3) is 0 Å². The van der Waals surface area contributed by atoms with Crippen LogP contribution in [0.2, 0.25) is 0 Å². The number of hydrogen-bond acceptors (Lipinski definition) is 6. The third-order valence-electron chi connectivity index (χ3n) is 7.78. The maximum absolute atomic E-state index is 11.1. The van der Waals surface area contributed by atoms with E-state index in [2.05, 4.69) is 0 Å². The first-order chi connectivity index (χ1) is 22.6. The first-order valence-corrected chi connectivity index (χ1v) is 14.6. The number of rotatable bonds is 8. The number of ether oxygens (including phenoxy) is 2. The van der Waals surface area contributed by atoms with Crippen LogP contribution >= 0.6 is 0 Å². The number of hydrogen-bond donors (Lipinski definition) is 2. The van der Waals surface area contributed by atoms with Crippen LogP contribution in [-0.2, 0) is 0 Å². The summed E-state index contributed by atoms with van der Waals surface area (Å²) in [5.41, 5.74) is 5.56. The minimum absolute atomic E-state index is 0.213. The summed E-state index contributed by atoms with van der Waals surface area (Å²) in [6.07, 6.45) is 0. The fourth-order valence-electron chi connectivity index (χ4n) is 5.55. The van der Waals surface area contributed by atoms with Gasteiger partial charge >= 0.3 is 35.1 Å². The molecule has 8 nitrogen and oxygen atoms in total. The van der Waals surface area contributed by atoms with Crippen molar-refractivity contribution >= 4 is 0 Å². The molecule has 0 saturated heterocycles. The summed E-state index contributed by atoms with van der Waals surface area (Å²) >= 11 is 0. The van der Waals surface area contributed by atoms with Gasteiger partial charge in [0, 0.05) is 24.3 Å². The molecule has 8 heteroatoms. The van der Waals surface area contributed by atoms with Crippen molar-refractivity contribution in [2.75, 3.05) is 14.2 Å². The lowest BCUT2D eigenvalue weighted by molar-refractivity contribution is -0.579. The highest BCUT2D eigenvalue weighted by Crippen LogP contribution is 2.36. The van der Waals surface area contributed by atoms with Gasteiger partial charge in [-0.1, -0.05) is 36.4 Å². The van der Waals surface area contributed by atoms with Gasteiger partial charge in [-0.3, -0.25) is 0 Å². The van der Waals surface area contributed by atoms with Crippen LogP contribution in [0.15, 0.2) is 142 Å². The molecule has 0 unspecified atom stereocenters. The molecule has 7 aromatic rings. The molecule has 226 valence electrons. The predicted octanol–water partition coefficient (Wildman–Crippen LogP) is 7.52. The van der Waals surface area contributed by atoms with Gasteiger partial charge in [0.05, 0.1) is 36.5 Å². The van der Waals surface area contributed by atoms with Crippen LogP contribution in [0, 0.1) is 0 Å². The van der Waals surface area contributed by atoms with E-state index in [0.29, 0.717) is 34.7 Å². The minimum atomic E-state index is -0.213. The number of methoxy groups -OCH3 is 2. The van der Waals surface area contributed by atoms with Crippen molar-refractivity contribution in [2.24, 2.45) is 0 Å². The highest BCUT2D eigenvalue weighted by Gasteiger charge is 2.36. The highest BCUT2D eigenvalue weighted by molar-refractivity contribution is 5.66. The van der Waals surface area contributed by atoms with E-state index >= 15 is 0 Å². The summed E-state index contributed by atoms with van der Waals surface area (Å²) in [6.45, 7) is 0. The molecule has 5 aromatic carbocycles. The Morgan fingerprint density at radius 1 is 0.435 bits per heavy atom. The van der Waals surface area contributed by atoms with Crippen molar-refractivity contribution in [2.45, 2.75) is 0 Å². The Labute approximate surface area is 265 Å². The van der Waals surface area contributed by atoms with Crippen LogP contribution in [0.25, 0.3) is 56.8 Å². The van der Waals surface area contributed by atoms with Crippen molar-refractivity contribution in [3.05, 3.63) is 133 Å². The van der Waals surface area contributed by atoms with Crippen molar-refractivity contribution in [3.63, 3.8) is 0 Å². The number of oxazole rings is 2. The Bertz CT molecular complexity index is 1950. The standard InChI is InChI=1S/C38H28N2O6/c1-43-31-21-13-25(14-22-31)33-37(41)45-35(27-9-5-3-6-10-27)39(33)29-17-19-30(20-18-29)40-34(26-15-23-32(44-2)24-16-26)38(42)46-36(40)28-11-7-4-8-12-28/h3-24H,1-2H3/p+2. The minimum Gasteiger partial charge on any atom is -0.497 e. The number of nitrogens with zero attached hydrogens (tertiary/aromatic N) is 2. The zero-order chi connectivity index (χ0) is 31.6. The molecule has 0 atom stereocenters. The van der Waals surface area contributed by atoms with Crippen LogP contribution in [0.5, 0.6) is 23.4 Å². The van der Waals surface area contributed by atoms with Gasteiger partial charge in [-0.2, -0.15) is 0 Å². The summed E-state index contributed by atoms with van der Waals surface area (Å²) in [5.74, 6) is 1.91. The molecule has 0 amide bonds. The lowest BCUT2D eigenvalue weighted by Gasteiger charge is -2.04. The summed E-state index contributed by atoms with van der Waals surface area (Å²) < 4.78 is 26.5. The first-order valence-electron chi connectivity index (χ1n) is 14.6. The van der Waals surface area contributed by atoms with Crippen LogP contribution in [0.1, 0.15) is 0 Å². The molecule has 0 bridgehead atoms. The van der Waals surface area contributed by atoms with Gasteiger partial charge in [-0.25, -0.2) is 0 Å². The maximum Gasteiger partial charge on any atom is 0.390 e. The monoisotopic (exact) mass is 610 g/mol. The molecule has 0 fully saturated rings. The first kappa shape index (κ1) is 28.5. The predicted molar refractivity (Wildman–Crippen MR) is 172 cm³/mol. The van der Waals surface area contributed by atoms with Crippen LogP contribution in [0.3, 0.4) is 0 Å². The number of aromatic hydroxyl groups is 2. The van der Waals surface area contributed by atoms with Gasteiger partial charge in [0.15, 0.2) is 0 Å². The van der Waals surface area contributed by atoms with Gasteiger partial charge < -0.3 is 28.5 Å². The fraction of sp³-hybridized carbons (Fsp3) is 0.0526. The van der Waals surface area contributed by atoms with Crippen LogP contribution in [-0.4, -0.2) is 24.4 Å². The van der Waals surface area contributed by atoms with E-state index in [9.17, 15) is 10.2 Å². The molecule has 7 rings (SSSR count). The summed E-state index contributed by atoms with van der Waals surface area (Å²) in [4.78, 5) is 0. The number of aromatic nitrogens is 2. The molecule has 2 aromatic heterocycles. The van der Waals surface area contributed by atoms with E-state index in [4.69, 9.17) is 18.3 Å². The maximum atomic E-state index is 11.1. The zero-order valence-electron chi connectivity index (χ0n) is 25.1. The van der Waals surface area contributed by atoms with Gasteiger partial charge in [0.1, 0.15) is 11.5 Å². The Morgan fingerprint density at radius 3 is 1.11 bits per heavy atom. The third kappa shape index (κ3) is 5.11. The van der Waals surface area contributed by atoms with Gasteiger partial charge in [0.2, 0.25) is 11.4 Å². The fourth-order valence-corrected chi connectivity index (χ4v) is 5.55. The topological polar surface area (TPSA) is 93.0 Å². The molecule has 0 aliphatic heterocycles. The average Bonchev–Trinajstić information content (AvgIpc) is 3.65. The normalized spacial score (nSPS) is 11.0. The SMILES string of the molecule is COc1ccc(-c2c(O)oc(-c3ccccc3)[n+]2-c2ccc(-[n+]3c(-c4ccccc4)oc(O)c3-c3ccc(OC)cc3)cc2)cc1. The van der Waals surface area contributed by atoms with Gasteiger partial charge in [-0.05, 0) is 72.8 Å². The molecular formula is C38H30N2O6+2. The second kappa shape index (κ2) is 12.0. The molecule has 0 saturated carbocycles. The van der Waals surface area contributed by atoms with E-state index in [1.54, 1.807) is 14.2 Å². The van der Waals surface area contributed by atoms with Crippen molar-refractivity contribution in [1.29, 1.82) is 0 Å². The van der Waals surface area contributed by atoms with Crippen LogP contribution < -0.4 is 18.6 Å².